The summed E-state index contributed by atoms with van der Waals surface area (Å²) < 4.78 is 0. The van der Waals surface area contributed by atoms with Crippen LogP contribution < -0.4 is 16.6 Å². The van der Waals surface area contributed by atoms with Crippen molar-refractivity contribution in [2.75, 3.05) is 5.01 Å². The number of nitrogens with two attached hydrogens (primary N) is 2. The van der Waals surface area contributed by atoms with Crippen molar-refractivity contribution in [2.45, 2.75) is 26.7 Å². The summed E-state index contributed by atoms with van der Waals surface area (Å²) in [6.45, 7) is 4.21. The van der Waals surface area contributed by atoms with Crippen molar-refractivity contribution >= 4 is 16.6 Å². The largest absolute Gasteiger partial charge is 0.403 e. The second kappa shape index (κ2) is 4.31. The highest BCUT2D eigenvalue weighted by atomic mass is 15.4. The molecular formula is C15H20N4. The van der Waals surface area contributed by atoms with E-state index in [9.17, 15) is 0 Å². The van der Waals surface area contributed by atoms with Crippen molar-refractivity contribution in [3.63, 3.8) is 0 Å². The summed E-state index contributed by atoms with van der Waals surface area (Å²) >= 11 is 0. The van der Waals surface area contributed by atoms with E-state index in [0.717, 1.165) is 16.9 Å². The molecule has 1 fully saturated rings. The zero-order chi connectivity index (χ0) is 13.6. The zero-order valence-electron chi connectivity index (χ0n) is 11.4. The van der Waals surface area contributed by atoms with Gasteiger partial charge in [0, 0.05) is 28.7 Å². The quantitative estimate of drug-likeness (QED) is 0.584. The van der Waals surface area contributed by atoms with Crippen LogP contribution in [-0.4, -0.2) is 4.98 Å². The Balaban J connectivity index is 2.02. The number of nitrogens with one attached hydrogen (secondary N) is 1. The van der Waals surface area contributed by atoms with E-state index in [4.69, 9.17) is 11.6 Å². The van der Waals surface area contributed by atoms with Gasteiger partial charge in [-0.25, -0.2) is 5.84 Å². The number of allylic oxidation sites excluding steroid dienone is 1. The Kier molecular flexibility index (Phi) is 2.75. The second-order valence-electron chi connectivity index (χ2n) is 5.34. The molecule has 1 aromatic heterocycles. The van der Waals surface area contributed by atoms with Crippen LogP contribution in [0.4, 0.5) is 5.69 Å². The topological polar surface area (TPSA) is 71.1 Å². The van der Waals surface area contributed by atoms with Crippen molar-refractivity contribution in [2.24, 2.45) is 17.5 Å². The summed E-state index contributed by atoms with van der Waals surface area (Å²) in [5.74, 6) is 6.74. The van der Waals surface area contributed by atoms with Gasteiger partial charge in [-0.05, 0) is 50.5 Å². The summed E-state index contributed by atoms with van der Waals surface area (Å²) in [6.07, 6.45) is 4.00. The van der Waals surface area contributed by atoms with Crippen LogP contribution in [0.25, 0.3) is 10.9 Å². The Bertz CT molecular complexity index is 649. The minimum absolute atomic E-state index is 0.528. The van der Waals surface area contributed by atoms with Crippen molar-refractivity contribution in [1.29, 1.82) is 0 Å². The summed E-state index contributed by atoms with van der Waals surface area (Å²) in [4.78, 5) is 3.37. The Morgan fingerprint density at radius 1 is 1.37 bits per heavy atom. The average Bonchev–Trinajstić information content (AvgIpc) is 3.19. The summed E-state index contributed by atoms with van der Waals surface area (Å²) in [5, 5.41) is 2.94. The maximum absolute atomic E-state index is 6.21. The molecule has 19 heavy (non-hydrogen) atoms. The van der Waals surface area contributed by atoms with Gasteiger partial charge in [0.1, 0.15) is 0 Å². The Morgan fingerprint density at radius 3 is 2.74 bits per heavy atom. The molecular weight excluding hydrogens is 236 g/mol. The lowest BCUT2D eigenvalue weighted by molar-refractivity contribution is 0.863. The maximum Gasteiger partial charge on any atom is 0.0579 e. The molecule has 1 saturated carbocycles. The van der Waals surface area contributed by atoms with Crippen LogP contribution in [0.1, 0.15) is 24.1 Å². The number of hydrogen-bond donors (Lipinski definition) is 3. The van der Waals surface area contributed by atoms with E-state index in [0.29, 0.717) is 5.92 Å². The Labute approximate surface area is 113 Å². The van der Waals surface area contributed by atoms with Crippen LogP contribution in [0, 0.1) is 19.8 Å². The molecule has 0 unspecified atom stereocenters. The average molecular weight is 256 g/mol. The molecule has 0 atom stereocenters. The molecule has 1 aliphatic carbocycles. The molecule has 1 aromatic carbocycles. The molecule has 4 heteroatoms. The molecule has 0 saturated heterocycles. The summed E-state index contributed by atoms with van der Waals surface area (Å²) in [5.41, 5.74) is 11.3. The van der Waals surface area contributed by atoms with Crippen molar-refractivity contribution in [1.82, 2.24) is 4.98 Å². The highest BCUT2D eigenvalue weighted by molar-refractivity contribution is 5.87. The van der Waals surface area contributed by atoms with E-state index in [2.05, 4.69) is 31.0 Å². The van der Waals surface area contributed by atoms with Crippen LogP contribution in [0.2, 0.25) is 0 Å². The molecule has 0 radical (unpaired) electrons. The molecule has 5 N–H and O–H groups in total. The van der Waals surface area contributed by atoms with Gasteiger partial charge >= 0.3 is 0 Å². The van der Waals surface area contributed by atoms with Crippen LogP contribution in [0.3, 0.4) is 0 Å². The number of anilines is 1. The van der Waals surface area contributed by atoms with E-state index in [-0.39, 0.29) is 0 Å². The lowest BCUT2D eigenvalue weighted by Gasteiger charge is -2.21. The smallest absolute Gasteiger partial charge is 0.0579 e. The van der Waals surface area contributed by atoms with Gasteiger partial charge in [0.15, 0.2) is 0 Å². The van der Waals surface area contributed by atoms with Crippen molar-refractivity contribution < 1.29 is 0 Å². The first-order valence-electron chi connectivity index (χ1n) is 6.67. The molecule has 1 aliphatic rings. The first kappa shape index (κ1) is 12.1. The number of fused-ring (bicyclic) bond motifs is 1. The molecule has 100 valence electrons. The lowest BCUT2D eigenvalue weighted by Crippen LogP contribution is -2.31. The van der Waals surface area contributed by atoms with E-state index in [1.165, 1.54) is 29.5 Å². The minimum Gasteiger partial charge on any atom is -0.403 e. The lowest BCUT2D eigenvalue weighted by atomic mass is 10.1. The first-order valence-corrected chi connectivity index (χ1v) is 6.67. The van der Waals surface area contributed by atoms with Gasteiger partial charge < -0.3 is 10.7 Å². The van der Waals surface area contributed by atoms with Gasteiger partial charge in [-0.1, -0.05) is 0 Å². The molecule has 3 rings (SSSR count). The number of benzene rings is 1. The fourth-order valence-electron chi connectivity index (χ4n) is 2.54. The predicted molar refractivity (Wildman–Crippen MR) is 79.4 cm³/mol. The number of aryl methyl sites for hydroxylation is 2. The molecule has 2 aromatic rings. The Hall–Kier alpha value is -1.94. The predicted octanol–water partition coefficient (Wildman–Crippen LogP) is 2.67. The van der Waals surface area contributed by atoms with Gasteiger partial charge in [-0.3, -0.25) is 5.01 Å². The highest BCUT2D eigenvalue weighted by Crippen LogP contribution is 2.38. The van der Waals surface area contributed by atoms with Crippen LogP contribution in [0.5, 0.6) is 0 Å². The molecule has 0 bridgehead atoms. The fraction of sp³-hybridized carbons (Fsp3) is 0.333. The van der Waals surface area contributed by atoms with E-state index in [1.807, 2.05) is 6.07 Å². The minimum atomic E-state index is 0.528. The van der Waals surface area contributed by atoms with E-state index >= 15 is 0 Å². The van der Waals surface area contributed by atoms with Crippen molar-refractivity contribution in [3.05, 3.63) is 41.4 Å². The van der Waals surface area contributed by atoms with Crippen LogP contribution in [0.15, 0.2) is 30.1 Å². The molecule has 4 nitrogen and oxygen atoms in total. The van der Waals surface area contributed by atoms with Gasteiger partial charge in [0.25, 0.3) is 0 Å². The number of nitrogens with zero attached hydrogens (tertiary/aromatic N) is 1. The van der Waals surface area contributed by atoms with Gasteiger partial charge in [-0.2, -0.15) is 0 Å². The summed E-state index contributed by atoms with van der Waals surface area (Å²) in [7, 11) is 0. The summed E-state index contributed by atoms with van der Waals surface area (Å²) in [6, 6.07) is 6.23. The number of hydrazine groups is 1. The van der Waals surface area contributed by atoms with Crippen molar-refractivity contribution in [3.8, 4) is 0 Å². The highest BCUT2D eigenvalue weighted by Gasteiger charge is 2.29. The molecule has 0 spiro atoms. The van der Waals surface area contributed by atoms with Gasteiger partial charge in [0.2, 0.25) is 0 Å². The number of H-pyrrole nitrogens is 1. The second-order valence-corrected chi connectivity index (χ2v) is 5.34. The zero-order valence-corrected chi connectivity index (χ0v) is 11.4. The molecule has 0 amide bonds. The SMILES string of the molecule is Cc1[nH]c2ccc(N(N)/C(=C\N)C3CC3)cc2c1C. The van der Waals surface area contributed by atoms with E-state index < -0.39 is 0 Å². The monoisotopic (exact) mass is 256 g/mol. The third kappa shape index (κ3) is 1.98. The van der Waals surface area contributed by atoms with Gasteiger partial charge in [0.05, 0.1) is 11.4 Å². The number of hydrogen-bond acceptors (Lipinski definition) is 3. The number of rotatable bonds is 3. The third-order valence-corrected chi connectivity index (χ3v) is 4.01. The molecule has 1 heterocycles. The normalized spacial score (nSPS) is 16.1. The van der Waals surface area contributed by atoms with E-state index in [1.54, 1.807) is 11.2 Å². The number of aromatic nitrogens is 1. The number of aromatic amines is 1. The van der Waals surface area contributed by atoms with Gasteiger partial charge in [-0.15, -0.1) is 0 Å². The fourth-order valence-corrected chi connectivity index (χ4v) is 2.54. The Morgan fingerprint density at radius 2 is 2.11 bits per heavy atom. The third-order valence-electron chi connectivity index (χ3n) is 4.01. The molecule has 0 aliphatic heterocycles. The van der Waals surface area contributed by atoms with Crippen LogP contribution in [-0.2, 0) is 0 Å². The van der Waals surface area contributed by atoms with Crippen LogP contribution >= 0.6 is 0 Å². The first-order chi connectivity index (χ1) is 9.11. The standard InChI is InChI=1S/C15H20N4/c1-9-10(2)18-14-6-5-12(7-13(9)14)19(17)15(8-16)11-3-4-11/h5-8,11,18H,3-4,16-17H2,1-2H3/b15-8-. The maximum atomic E-state index is 6.21.